The van der Waals surface area contributed by atoms with Gasteiger partial charge in [0.2, 0.25) is 0 Å². The van der Waals surface area contributed by atoms with Gasteiger partial charge in [0, 0.05) is 0 Å². The minimum absolute atomic E-state index is 0.0688. The van der Waals surface area contributed by atoms with Crippen LogP contribution in [0.3, 0.4) is 0 Å². The number of hydrogen-bond donors (Lipinski definition) is 1. The van der Waals surface area contributed by atoms with Crippen molar-refractivity contribution >= 4 is 29.7 Å². The lowest BCUT2D eigenvalue weighted by Gasteiger charge is -2.06. The van der Waals surface area contributed by atoms with E-state index in [4.69, 9.17) is 16.3 Å². The summed E-state index contributed by atoms with van der Waals surface area (Å²) in [5, 5.41) is 14.8. The fraction of sp³-hybridized carbons (Fsp3) is 0.0625. The lowest BCUT2D eigenvalue weighted by molar-refractivity contribution is -0.255. The molecule has 2 aromatic rings. The number of carbonyl (C=O) groups excluding carboxylic acids is 2. The first-order valence-corrected chi connectivity index (χ1v) is 6.94. The predicted molar refractivity (Wildman–Crippen MR) is 83.5 cm³/mol. The van der Waals surface area contributed by atoms with Crippen LogP contribution in [0.15, 0.2) is 53.6 Å². The molecule has 0 spiro atoms. The molecule has 1 N–H and O–H groups in total. The van der Waals surface area contributed by atoms with Gasteiger partial charge in [0.1, 0.15) is 5.75 Å². The number of hydrogen-bond acceptors (Lipinski definition) is 5. The largest absolute Gasteiger partial charge is 0.545 e. The zero-order chi connectivity index (χ0) is 16.7. The Labute approximate surface area is 137 Å². The van der Waals surface area contributed by atoms with Crippen molar-refractivity contribution in [1.29, 1.82) is 0 Å². The van der Waals surface area contributed by atoms with E-state index in [1.807, 2.05) is 0 Å². The van der Waals surface area contributed by atoms with Gasteiger partial charge in [-0.05, 0) is 23.3 Å². The van der Waals surface area contributed by atoms with E-state index in [2.05, 4.69) is 10.5 Å². The maximum Gasteiger partial charge on any atom is 0.277 e. The van der Waals surface area contributed by atoms with E-state index in [0.717, 1.165) is 0 Å². The summed E-state index contributed by atoms with van der Waals surface area (Å²) in [6.07, 6.45) is 1.38. The molecule has 0 fully saturated rings. The first-order valence-electron chi connectivity index (χ1n) is 6.57. The van der Waals surface area contributed by atoms with Gasteiger partial charge in [-0.25, -0.2) is 5.43 Å². The van der Waals surface area contributed by atoms with Crippen molar-refractivity contribution in [1.82, 2.24) is 5.43 Å². The molecular weight excluding hydrogens is 320 g/mol. The third kappa shape index (κ3) is 5.12. The highest BCUT2D eigenvalue weighted by molar-refractivity contribution is 6.32. The summed E-state index contributed by atoms with van der Waals surface area (Å²) < 4.78 is 5.25. The van der Waals surface area contributed by atoms with Crippen LogP contribution in [0.4, 0.5) is 0 Å². The number of nitrogens with zero attached hydrogens (tertiary/aromatic N) is 1. The Morgan fingerprint density at radius 2 is 1.87 bits per heavy atom. The standard InChI is InChI=1S/C16H13ClN2O4/c17-13-3-1-2-4-14(13)23-10-15(20)19-18-9-11-5-7-12(8-6-11)16(21)22/h1-9H,10H2,(H,19,20)(H,21,22)/p-1/b18-9-. The Balaban J connectivity index is 1.82. The Hall–Kier alpha value is -2.86. The SMILES string of the molecule is O=C(COc1ccccc1Cl)N/N=C\c1ccc(C(=O)[O-])cc1. The monoisotopic (exact) mass is 331 g/mol. The number of benzene rings is 2. The number of halogens is 1. The van der Waals surface area contributed by atoms with E-state index in [1.165, 1.54) is 18.3 Å². The van der Waals surface area contributed by atoms with E-state index in [-0.39, 0.29) is 12.2 Å². The molecule has 0 aromatic heterocycles. The van der Waals surface area contributed by atoms with E-state index in [1.54, 1.807) is 36.4 Å². The van der Waals surface area contributed by atoms with E-state index in [9.17, 15) is 14.7 Å². The number of nitrogens with one attached hydrogen (secondary N) is 1. The first-order chi connectivity index (χ1) is 11.1. The van der Waals surface area contributed by atoms with Crippen LogP contribution < -0.4 is 15.3 Å². The minimum Gasteiger partial charge on any atom is -0.545 e. The molecule has 0 aliphatic carbocycles. The zero-order valence-corrected chi connectivity index (χ0v) is 12.6. The first kappa shape index (κ1) is 16.5. The van der Waals surface area contributed by atoms with E-state index >= 15 is 0 Å². The number of aromatic carboxylic acids is 1. The smallest absolute Gasteiger partial charge is 0.277 e. The predicted octanol–water partition coefficient (Wildman–Crippen LogP) is 1.23. The number of carbonyl (C=O) groups is 2. The van der Waals surface area contributed by atoms with Gasteiger partial charge >= 0.3 is 0 Å². The highest BCUT2D eigenvalue weighted by Crippen LogP contribution is 2.22. The average molecular weight is 332 g/mol. The maximum atomic E-state index is 11.6. The topological polar surface area (TPSA) is 90.8 Å². The highest BCUT2D eigenvalue weighted by atomic mass is 35.5. The highest BCUT2D eigenvalue weighted by Gasteiger charge is 2.04. The molecule has 0 radical (unpaired) electrons. The molecule has 0 unspecified atom stereocenters. The van der Waals surface area contributed by atoms with Gasteiger partial charge < -0.3 is 14.6 Å². The second-order valence-corrected chi connectivity index (χ2v) is 4.83. The number of amides is 1. The quantitative estimate of drug-likeness (QED) is 0.636. The summed E-state index contributed by atoms with van der Waals surface area (Å²) in [5.74, 6) is -1.29. The molecular formula is C16H12ClN2O4-. The van der Waals surface area contributed by atoms with Crippen LogP contribution in [0.5, 0.6) is 5.75 Å². The Morgan fingerprint density at radius 1 is 1.17 bits per heavy atom. The summed E-state index contributed by atoms with van der Waals surface area (Å²) in [5.41, 5.74) is 2.99. The van der Waals surface area contributed by atoms with E-state index in [0.29, 0.717) is 16.3 Å². The van der Waals surface area contributed by atoms with Crippen molar-refractivity contribution < 1.29 is 19.4 Å². The van der Waals surface area contributed by atoms with Crippen molar-refractivity contribution in [2.24, 2.45) is 5.10 Å². The van der Waals surface area contributed by atoms with Gasteiger partial charge in [-0.3, -0.25) is 4.79 Å². The van der Waals surface area contributed by atoms with Crippen molar-refractivity contribution in [3.05, 3.63) is 64.7 Å². The fourth-order valence-corrected chi connectivity index (χ4v) is 1.81. The molecule has 0 bridgehead atoms. The van der Waals surface area contributed by atoms with Gasteiger partial charge in [0.25, 0.3) is 5.91 Å². The van der Waals surface area contributed by atoms with Crippen LogP contribution in [-0.2, 0) is 4.79 Å². The van der Waals surface area contributed by atoms with Crippen LogP contribution in [0.2, 0.25) is 5.02 Å². The molecule has 7 heteroatoms. The summed E-state index contributed by atoms with van der Waals surface area (Å²) in [7, 11) is 0. The van der Waals surface area contributed by atoms with Crippen molar-refractivity contribution in [3.63, 3.8) is 0 Å². The van der Waals surface area contributed by atoms with Gasteiger partial charge in [-0.1, -0.05) is 48.0 Å². The molecule has 0 saturated heterocycles. The molecule has 23 heavy (non-hydrogen) atoms. The van der Waals surface area contributed by atoms with Gasteiger partial charge in [-0.2, -0.15) is 5.10 Å². The van der Waals surface area contributed by atoms with Crippen LogP contribution in [-0.4, -0.2) is 24.7 Å². The summed E-state index contributed by atoms with van der Waals surface area (Å²) in [4.78, 5) is 22.2. The number of carboxylic acids is 1. The zero-order valence-electron chi connectivity index (χ0n) is 11.9. The second-order valence-electron chi connectivity index (χ2n) is 4.42. The normalized spacial score (nSPS) is 10.5. The average Bonchev–Trinajstić information content (AvgIpc) is 2.54. The fourth-order valence-electron chi connectivity index (χ4n) is 1.62. The molecule has 0 saturated carbocycles. The van der Waals surface area contributed by atoms with Gasteiger partial charge in [-0.15, -0.1) is 0 Å². The molecule has 118 valence electrons. The molecule has 6 nitrogen and oxygen atoms in total. The van der Waals surface area contributed by atoms with Crippen molar-refractivity contribution in [2.75, 3.05) is 6.61 Å². The number of ether oxygens (including phenoxy) is 1. The Bertz CT molecular complexity index is 729. The lowest BCUT2D eigenvalue weighted by Crippen LogP contribution is -2.24. The molecule has 0 aliphatic rings. The molecule has 2 rings (SSSR count). The molecule has 2 aromatic carbocycles. The maximum absolute atomic E-state index is 11.6. The third-order valence-corrected chi connectivity index (χ3v) is 3.06. The minimum atomic E-state index is -1.25. The lowest BCUT2D eigenvalue weighted by atomic mass is 10.1. The Kier molecular flexibility index (Phi) is 5.71. The van der Waals surface area contributed by atoms with Crippen LogP contribution in [0, 0.1) is 0 Å². The number of carboxylic acid groups (broad SMARTS) is 1. The van der Waals surface area contributed by atoms with Crippen LogP contribution in [0.25, 0.3) is 0 Å². The van der Waals surface area contributed by atoms with E-state index < -0.39 is 11.9 Å². The molecule has 0 heterocycles. The van der Waals surface area contributed by atoms with Gasteiger partial charge in [0.05, 0.1) is 17.2 Å². The molecule has 0 aliphatic heterocycles. The summed E-state index contributed by atoms with van der Waals surface area (Å²) in [6.45, 7) is -0.231. The van der Waals surface area contributed by atoms with Crippen LogP contribution >= 0.6 is 11.6 Å². The van der Waals surface area contributed by atoms with Crippen LogP contribution in [0.1, 0.15) is 15.9 Å². The van der Waals surface area contributed by atoms with Gasteiger partial charge in [0.15, 0.2) is 6.61 Å². The number of hydrazone groups is 1. The van der Waals surface area contributed by atoms with Crippen molar-refractivity contribution in [2.45, 2.75) is 0 Å². The Morgan fingerprint density at radius 3 is 2.52 bits per heavy atom. The molecule has 1 amide bonds. The molecule has 0 atom stereocenters. The third-order valence-electron chi connectivity index (χ3n) is 2.74. The van der Waals surface area contributed by atoms with Crippen molar-refractivity contribution in [3.8, 4) is 5.75 Å². The summed E-state index contributed by atoms with van der Waals surface area (Å²) in [6, 6.07) is 12.7. The summed E-state index contributed by atoms with van der Waals surface area (Å²) >= 11 is 5.89. The number of rotatable bonds is 6. The number of para-hydroxylation sites is 1. The second kappa shape index (κ2) is 7.95.